The predicted octanol–water partition coefficient (Wildman–Crippen LogP) is 2.74. The fourth-order valence-electron chi connectivity index (χ4n) is 2.45. The van der Waals surface area contributed by atoms with Crippen LogP contribution in [-0.4, -0.2) is 37.5 Å². The SMILES string of the molecule is CCn1c(SCC(=O)O)nnc1[C@@H](NC(=O)c1ccccc1F)C(C)C. The van der Waals surface area contributed by atoms with Crippen molar-refractivity contribution in [3.63, 3.8) is 0 Å². The van der Waals surface area contributed by atoms with Crippen molar-refractivity contribution in [1.29, 1.82) is 0 Å². The van der Waals surface area contributed by atoms with Crippen molar-refractivity contribution in [3.8, 4) is 0 Å². The van der Waals surface area contributed by atoms with Gasteiger partial charge in [0.2, 0.25) is 0 Å². The van der Waals surface area contributed by atoms with Gasteiger partial charge in [0.15, 0.2) is 11.0 Å². The third-order valence-electron chi connectivity index (χ3n) is 3.74. The molecule has 1 heterocycles. The number of carbonyl (C=O) groups is 2. The minimum absolute atomic E-state index is 0.0300. The van der Waals surface area contributed by atoms with Gasteiger partial charge in [-0.1, -0.05) is 37.7 Å². The molecule has 0 aliphatic rings. The molecular formula is C17H21FN4O3S. The minimum atomic E-state index is -0.949. The molecule has 2 N–H and O–H groups in total. The van der Waals surface area contributed by atoms with Crippen LogP contribution < -0.4 is 5.32 Å². The van der Waals surface area contributed by atoms with E-state index in [2.05, 4.69) is 15.5 Å². The van der Waals surface area contributed by atoms with E-state index in [4.69, 9.17) is 5.11 Å². The van der Waals surface area contributed by atoms with Crippen LogP contribution >= 0.6 is 11.8 Å². The molecule has 1 amide bonds. The first-order valence-electron chi connectivity index (χ1n) is 8.18. The Bertz CT molecular complexity index is 794. The number of hydrogen-bond donors (Lipinski definition) is 2. The Morgan fingerprint density at radius 1 is 1.31 bits per heavy atom. The van der Waals surface area contributed by atoms with Crippen molar-refractivity contribution >= 4 is 23.6 Å². The molecular weight excluding hydrogens is 359 g/mol. The zero-order valence-corrected chi connectivity index (χ0v) is 15.6. The van der Waals surface area contributed by atoms with Gasteiger partial charge in [-0.05, 0) is 25.0 Å². The third-order valence-corrected chi connectivity index (χ3v) is 4.69. The van der Waals surface area contributed by atoms with Crippen LogP contribution in [0.2, 0.25) is 0 Å². The van der Waals surface area contributed by atoms with Gasteiger partial charge in [0.25, 0.3) is 5.91 Å². The fraction of sp³-hybridized carbons (Fsp3) is 0.412. The second-order valence-electron chi connectivity index (χ2n) is 5.94. The summed E-state index contributed by atoms with van der Waals surface area (Å²) in [5.74, 6) is -1.73. The van der Waals surface area contributed by atoms with Crippen LogP contribution in [0.3, 0.4) is 0 Å². The maximum absolute atomic E-state index is 13.9. The average Bonchev–Trinajstić information content (AvgIpc) is 3.00. The molecule has 1 aromatic carbocycles. The first kappa shape index (κ1) is 19.9. The predicted molar refractivity (Wildman–Crippen MR) is 95.5 cm³/mol. The van der Waals surface area contributed by atoms with Crippen LogP contribution in [0.5, 0.6) is 0 Å². The molecule has 2 rings (SSSR count). The summed E-state index contributed by atoms with van der Waals surface area (Å²) >= 11 is 1.06. The van der Waals surface area contributed by atoms with E-state index in [0.29, 0.717) is 17.5 Å². The number of nitrogens with zero attached hydrogens (tertiary/aromatic N) is 3. The van der Waals surface area contributed by atoms with E-state index in [1.165, 1.54) is 18.2 Å². The van der Waals surface area contributed by atoms with E-state index in [9.17, 15) is 14.0 Å². The number of halogens is 1. The molecule has 0 radical (unpaired) electrons. The highest BCUT2D eigenvalue weighted by molar-refractivity contribution is 7.99. The normalized spacial score (nSPS) is 12.2. The first-order chi connectivity index (χ1) is 12.3. The Morgan fingerprint density at radius 2 is 2.00 bits per heavy atom. The lowest BCUT2D eigenvalue weighted by molar-refractivity contribution is -0.133. The van der Waals surface area contributed by atoms with Gasteiger partial charge in [-0.25, -0.2) is 4.39 Å². The van der Waals surface area contributed by atoms with Crippen molar-refractivity contribution in [2.24, 2.45) is 5.92 Å². The molecule has 140 valence electrons. The van der Waals surface area contributed by atoms with Gasteiger partial charge in [-0.3, -0.25) is 9.59 Å². The number of rotatable bonds is 8. The number of nitrogens with one attached hydrogen (secondary N) is 1. The lowest BCUT2D eigenvalue weighted by Gasteiger charge is -2.22. The number of carboxylic acids is 1. The van der Waals surface area contributed by atoms with E-state index in [-0.39, 0.29) is 17.2 Å². The molecule has 9 heteroatoms. The summed E-state index contributed by atoms with van der Waals surface area (Å²) in [6.45, 7) is 6.22. The van der Waals surface area contributed by atoms with Crippen molar-refractivity contribution in [2.45, 2.75) is 38.5 Å². The van der Waals surface area contributed by atoms with Crippen LogP contribution in [0.4, 0.5) is 4.39 Å². The highest BCUT2D eigenvalue weighted by atomic mass is 32.2. The maximum atomic E-state index is 13.9. The number of aromatic nitrogens is 3. The molecule has 0 aliphatic heterocycles. The van der Waals surface area contributed by atoms with Crippen LogP contribution in [0, 0.1) is 11.7 Å². The van der Waals surface area contributed by atoms with E-state index >= 15 is 0 Å². The molecule has 26 heavy (non-hydrogen) atoms. The molecule has 0 aliphatic carbocycles. The Balaban J connectivity index is 2.28. The van der Waals surface area contributed by atoms with Gasteiger partial charge in [0, 0.05) is 6.54 Å². The molecule has 0 bridgehead atoms. The number of thioether (sulfide) groups is 1. The summed E-state index contributed by atoms with van der Waals surface area (Å²) in [7, 11) is 0. The van der Waals surface area contributed by atoms with Crippen molar-refractivity contribution in [2.75, 3.05) is 5.75 Å². The number of hydrogen-bond acceptors (Lipinski definition) is 5. The molecule has 1 atom stereocenters. The first-order valence-corrected chi connectivity index (χ1v) is 9.16. The highest BCUT2D eigenvalue weighted by Gasteiger charge is 2.26. The zero-order valence-electron chi connectivity index (χ0n) is 14.8. The van der Waals surface area contributed by atoms with Gasteiger partial charge in [-0.15, -0.1) is 10.2 Å². The number of benzene rings is 1. The third kappa shape index (κ3) is 4.60. The van der Waals surface area contributed by atoms with E-state index in [0.717, 1.165) is 11.8 Å². The lowest BCUT2D eigenvalue weighted by Crippen LogP contribution is -2.34. The van der Waals surface area contributed by atoms with Crippen LogP contribution in [0.25, 0.3) is 0 Å². The molecule has 0 saturated carbocycles. The van der Waals surface area contributed by atoms with E-state index < -0.39 is 23.7 Å². The monoisotopic (exact) mass is 380 g/mol. The molecule has 0 saturated heterocycles. The molecule has 0 unspecified atom stereocenters. The van der Waals surface area contributed by atoms with Gasteiger partial charge in [0.1, 0.15) is 5.82 Å². The largest absolute Gasteiger partial charge is 0.481 e. The molecule has 1 aromatic heterocycles. The Hall–Kier alpha value is -2.42. The van der Waals surface area contributed by atoms with Gasteiger partial charge in [0.05, 0.1) is 17.4 Å². The zero-order chi connectivity index (χ0) is 19.3. The Kier molecular flexibility index (Phi) is 6.73. The quantitative estimate of drug-likeness (QED) is 0.684. The molecule has 0 fully saturated rings. The second kappa shape index (κ2) is 8.79. The van der Waals surface area contributed by atoms with Gasteiger partial charge in [-0.2, -0.15) is 0 Å². The fourth-order valence-corrected chi connectivity index (χ4v) is 3.18. The number of aliphatic carboxylic acids is 1. The maximum Gasteiger partial charge on any atom is 0.313 e. The van der Waals surface area contributed by atoms with E-state index in [1.54, 1.807) is 10.6 Å². The lowest BCUT2D eigenvalue weighted by atomic mass is 10.0. The van der Waals surface area contributed by atoms with Crippen LogP contribution in [-0.2, 0) is 11.3 Å². The highest BCUT2D eigenvalue weighted by Crippen LogP contribution is 2.25. The van der Waals surface area contributed by atoms with Crippen LogP contribution in [0.1, 0.15) is 43.0 Å². The summed E-state index contributed by atoms with van der Waals surface area (Å²) in [5, 5.41) is 20.3. The minimum Gasteiger partial charge on any atom is -0.481 e. The smallest absolute Gasteiger partial charge is 0.313 e. The topological polar surface area (TPSA) is 97.1 Å². The Labute approximate surface area is 155 Å². The molecule has 2 aromatic rings. The summed E-state index contributed by atoms with van der Waals surface area (Å²) in [6, 6.07) is 5.27. The number of carboxylic acid groups (broad SMARTS) is 1. The summed E-state index contributed by atoms with van der Waals surface area (Å²) in [6.07, 6.45) is 0. The van der Waals surface area contributed by atoms with Gasteiger partial charge < -0.3 is 15.0 Å². The van der Waals surface area contributed by atoms with Crippen molar-refractivity contribution in [3.05, 3.63) is 41.5 Å². The Morgan fingerprint density at radius 3 is 2.58 bits per heavy atom. The van der Waals surface area contributed by atoms with E-state index in [1.807, 2.05) is 20.8 Å². The average molecular weight is 380 g/mol. The summed E-state index contributed by atoms with van der Waals surface area (Å²) in [5.41, 5.74) is -0.0406. The summed E-state index contributed by atoms with van der Waals surface area (Å²) < 4.78 is 15.6. The van der Waals surface area contributed by atoms with Crippen LogP contribution in [0.15, 0.2) is 29.4 Å². The second-order valence-corrected chi connectivity index (χ2v) is 6.88. The van der Waals surface area contributed by atoms with Crippen molar-refractivity contribution < 1.29 is 19.1 Å². The number of amides is 1. The standard InChI is InChI=1S/C17H21FN4O3S/c1-4-22-15(20-21-17(22)26-9-13(23)24)14(10(2)3)19-16(25)11-7-5-6-8-12(11)18/h5-8,10,14H,4,9H2,1-3H3,(H,19,25)(H,23,24)/t14-/m0/s1. The van der Waals surface area contributed by atoms with Gasteiger partial charge >= 0.3 is 5.97 Å². The molecule has 0 spiro atoms. The van der Waals surface area contributed by atoms with Crippen molar-refractivity contribution in [1.82, 2.24) is 20.1 Å². The molecule has 7 nitrogen and oxygen atoms in total. The summed E-state index contributed by atoms with van der Waals surface area (Å²) in [4.78, 5) is 23.3. The number of carbonyl (C=O) groups excluding carboxylic acids is 1.